The van der Waals surface area contributed by atoms with E-state index >= 15 is 0 Å². The molecular formula is C20H34N4O. The summed E-state index contributed by atoms with van der Waals surface area (Å²) in [5, 5.41) is 6.85. The van der Waals surface area contributed by atoms with Crippen molar-refractivity contribution < 1.29 is 4.74 Å². The van der Waals surface area contributed by atoms with Crippen molar-refractivity contribution in [2.24, 2.45) is 4.99 Å². The Kier molecular flexibility index (Phi) is 7.72. The molecule has 1 fully saturated rings. The van der Waals surface area contributed by atoms with E-state index in [9.17, 15) is 0 Å². The summed E-state index contributed by atoms with van der Waals surface area (Å²) in [7, 11) is 1.81. The van der Waals surface area contributed by atoms with E-state index in [1.165, 1.54) is 11.1 Å². The van der Waals surface area contributed by atoms with Crippen molar-refractivity contribution in [3.63, 3.8) is 0 Å². The van der Waals surface area contributed by atoms with Gasteiger partial charge in [0.15, 0.2) is 5.96 Å². The third-order valence-electron chi connectivity index (χ3n) is 5.01. The van der Waals surface area contributed by atoms with Gasteiger partial charge in [-0.1, -0.05) is 38.1 Å². The maximum absolute atomic E-state index is 5.83. The van der Waals surface area contributed by atoms with E-state index in [0.717, 1.165) is 58.1 Å². The zero-order valence-corrected chi connectivity index (χ0v) is 16.3. The molecule has 1 aliphatic rings. The van der Waals surface area contributed by atoms with E-state index in [4.69, 9.17) is 4.74 Å². The van der Waals surface area contributed by atoms with Crippen molar-refractivity contribution in [3.8, 4) is 0 Å². The van der Waals surface area contributed by atoms with Crippen molar-refractivity contribution in [1.29, 1.82) is 0 Å². The molecular weight excluding hydrogens is 312 g/mol. The first-order chi connectivity index (χ1) is 12.1. The summed E-state index contributed by atoms with van der Waals surface area (Å²) in [4.78, 5) is 6.78. The Morgan fingerprint density at radius 2 is 1.92 bits per heavy atom. The minimum Gasteiger partial charge on any atom is -0.373 e. The smallest absolute Gasteiger partial charge is 0.191 e. The molecule has 0 aromatic heterocycles. The molecule has 2 N–H and O–H groups in total. The highest BCUT2D eigenvalue weighted by Gasteiger charge is 2.29. The largest absolute Gasteiger partial charge is 0.373 e. The fourth-order valence-corrected chi connectivity index (χ4v) is 3.22. The molecule has 140 valence electrons. The van der Waals surface area contributed by atoms with Crippen LogP contribution in [0, 0.1) is 0 Å². The summed E-state index contributed by atoms with van der Waals surface area (Å²) < 4.78 is 5.83. The van der Waals surface area contributed by atoms with Crippen LogP contribution in [0.2, 0.25) is 0 Å². The van der Waals surface area contributed by atoms with Crippen LogP contribution in [0.25, 0.3) is 0 Å². The molecule has 0 bridgehead atoms. The molecule has 0 aliphatic carbocycles. The van der Waals surface area contributed by atoms with Gasteiger partial charge in [-0.05, 0) is 44.0 Å². The van der Waals surface area contributed by atoms with E-state index in [0.29, 0.717) is 0 Å². The average Bonchev–Trinajstić information content (AvgIpc) is 3.07. The Balaban J connectivity index is 1.90. The third kappa shape index (κ3) is 6.01. The highest BCUT2D eigenvalue weighted by Crippen LogP contribution is 2.23. The molecule has 1 saturated heterocycles. The van der Waals surface area contributed by atoms with Crippen molar-refractivity contribution in [1.82, 2.24) is 15.5 Å². The van der Waals surface area contributed by atoms with Crippen LogP contribution >= 0.6 is 0 Å². The molecule has 0 spiro atoms. The molecule has 1 aromatic rings. The van der Waals surface area contributed by atoms with Crippen LogP contribution < -0.4 is 10.6 Å². The number of ether oxygens (including phenoxy) is 1. The van der Waals surface area contributed by atoms with Gasteiger partial charge >= 0.3 is 0 Å². The summed E-state index contributed by atoms with van der Waals surface area (Å²) in [6, 6.07) is 8.64. The first-order valence-corrected chi connectivity index (χ1v) is 9.48. The number of hydrogen-bond donors (Lipinski definition) is 2. The van der Waals surface area contributed by atoms with Gasteiger partial charge in [0.2, 0.25) is 0 Å². The molecule has 25 heavy (non-hydrogen) atoms. The van der Waals surface area contributed by atoms with Crippen LogP contribution in [0.3, 0.4) is 0 Å². The monoisotopic (exact) mass is 346 g/mol. The lowest BCUT2D eigenvalue weighted by Crippen LogP contribution is -2.45. The van der Waals surface area contributed by atoms with E-state index in [1.54, 1.807) is 0 Å². The topological polar surface area (TPSA) is 48.9 Å². The summed E-state index contributed by atoms with van der Waals surface area (Å²) in [6.07, 6.45) is 2.24. The Morgan fingerprint density at radius 3 is 2.52 bits per heavy atom. The number of guanidine groups is 1. The first kappa shape index (κ1) is 19.7. The molecule has 1 aromatic carbocycles. The van der Waals surface area contributed by atoms with Gasteiger partial charge in [-0.2, -0.15) is 0 Å². The molecule has 0 saturated carbocycles. The van der Waals surface area contributed by atoms with Crippen molar-refractivity contribution >= 4 is 5.96 Å². The second-order valence-electron chi connectivity index (χ2n) is 6.91. The van der Waals surface area contributed by atoms with Crippen LogP contribution in [-0.4, -0.2) is 49.7 Å². The minimum atomic E-state index is -0.0712. The van der Waals surface area contributed by atoms with Crippen LogP contribution in [0.4, 0.5) is 0 Å². The fraction of sp³-hybridized carbons (Fsp3) is 0.650. The van der Waals surface area contributed by atoms with Crippen LogP contribution in [-0.2, 0) is 17.8 Å². The SMILES string of the molecule is CCN(CC)Cc1ccccc1CNC(=NC)NCC1(C)CCCO1. The lowest BCUT2D eigenvalue weighted by Gasteiger charge is -2.25. The number of benzene rings is 1. The highest BCUT2D eigenvalue weighted by atomic mass is 16.5. The van der Waals surface area contributed by atoms with Gasteiger partial charge in [0.25, 0.3) is 0 Å². The quantitative estimate of drug-likeness (QED) is 0.561. The van der Waals surface area contributed by atoms with Gasteiger partial charge in [-0.15, -0.1) is 0 Å². The molecule has 5 nitrogen and oxygen atoms in total. The number of nitrogens with zero attached hydrogens (tertiary/aromatic N) is 2. The molecule has 2 rings (SSSR count). The second kappa shape index (κ2) is 9.78. The predicted molar refractivity (Wildman–Crippen MR) is 105 cm³/mol. The predicted octanol–water partition coefficient (Wildman–Crippen LogP) is 2.76. The summed E-state index contributed by atoms with van der Waals surface area (Å²) in [6.45, 7) is 12.1. The number of rotatable bonds is 8. The highest BCUT2D eigenvalue weighted by molar-refractivity contribution is 5.79. The molecule has 1 unspecified atom stereocenters. The van der Waals surface area contributed by atoms with Crippen molar-refractivity contribution in [2.75, 3.05) is 33.3 Å². The van der Waals surface area contributed by atoms with Crippen molar-refractivity contribution in [2.45, 2.75) is 52.3 Å². The number of hydrogen-bond acceptors (Lipinski definition) is 3. The van der Waals surface area contributed by atoms with Gasteiger partial charge in [-0.25, -0.2) is 0 Å². The van der Waals surface area contributed by atoms with E-state index in [-0.39, 0.29) is 5.60 Å². The van der Waals surface area contributed by atoms with Gasteiger partial charge in [0.05, 0.1) is 5.60 Å². The second-order valence-corrected chi connectivity index (χ2v) is 6.91. The van der Waals surface area contributed by atoms with Crippen LogP contribution in [0.1, 0.15) is 44.7 Å². The van der Waals surface area contributed by atoms with Gasteiger partial charge in [-0.3, -0.25) is 9.89 Å². The van der Waals surface area contributed by atoms with Gasteiger partial charge in [0, 0.05) is 33.3 Å². The molecule has 1 aliphatic heterocycles. The minimum absolute atomic E-state index is 0.0712. The normalized spacial score (nSPS) is 20.9. The van der Waals surface area contributed by atoms with Crippen LogP contribution in [0.5, 0.6) is 0 Å². The average molecular weight is 347 g/mol. The summed E-state index contributed by atoms with van der Waals surface area (Å²) in [5.74, 6) is 0.828. The third-order valence-corrected chi connectivity index (χ3v) is 5.01. The molecule has 1 heterocycles. The maximum atomic E-state index is 5.83. The standard InChI is InChI=1S/C20H34N4O/c1-5-24(6-2)15-18-11-8-7-10-17(18)14-22-19(21-4)23-16-20(3)12-9-13-25-20/h7-8,10-11H,5-6,9,12-16H2,1-4H3,(H2,21,22,23). The Hall–Kier alpha value is -1.59. The summed E-state index contributed by atoms with van der Waals surface area (Å²) >= 11 is 0. The maximum Gasteiger partial charge on any atom is 0.191 e. The molecule has 5 heteroatoms. The van der Waals surface area contributed by atoms with E-state index in [1.807, 2.05) is 7.05 Å². The lowest BCUT2D eigenvalue weighted by atomic mass is 10.0. The Morgan fingerprint density at radius 1 is 1.20 bits per heavy atom. The molecule has 0 radical (unpaired) electrons. The number of nitrogens with one attached hydrogen (secondary N) is 2. The molecule has 1 atom stereocenters. The number of aliphatic imine (C=N–C) groups is 1. The Bertz CT molecular complexity index is 548. The zero-order chi connectivity index (χ0) is 18.1. The zero-order valence-electron chi connectivity index (χ0n) is 16.3. The van der Waals surface area contributed by atoms with E-state index in [2.05, 4.69) is 65.6 Å². The Labute approximate surface area is 152 Å². The van der Waals surface area contributed by atoms with E-state index < -0.39 is 0 Å². The lowest BCUT2D eigenvalue weighted by molar-refractivity contribution is 0.0243. The first-order valence-electron chi connectivity index (χ1n) is 9.48. The van der Waals surface area contributed by atoms with Gasteiger partial charge < -0.3 is 15.4 Å². The van der Waals surface area contributed by atoms with Crippen LogP contribution in [0.15, 0.2) is 29.3 Å². The van der Waals surface area contributed by atoms with Crippen molar-refractivity contribution in [3.05, 3.63) is 35.4 Å². The fourth-order valence-electron chi connectivity index (χ4n) is 3.22. The molecule has 0 amide bonds. The summed E-state index contributed by atoms with van der Waals surface area (Å²) in [5.41, 5.74) is 2.62. The van der Waals surface area contributed by atoms with Gasteiger partial charge in [0.1, 0.15) is 0 Å².